The minimum atomic E-state index is -2.06. The Balaban J connectivity index is 2.08. The first kappa shape index (κ1) is 14.2. The molecular formula is C14H18FN3O3. The van der Waals surface area contributed by atoms with Crippen molar-refractivity contribution < 1.29 is 19.3 Å². The molecule has 0 radical (unpaired) electrons. The van der Waals surface area contributed by atoms with Gasteiger partial charge in [0.2, 0.25) is 0 Å². The van der Waals surface area contributed by atoms with E-state index in [0.717, 1.165) is 0 Å². The molecule has 0 aliphatic carbocycles. The molecule has 0 aromatic carbocycles. The van der Waals surface area contributed by atoms with E-state index in [1.165, 1.54) is 24.6 Å². The van der Waals surface area contributed by atoms with Crippen molar-refractivity contribution in [2.24, 2.45) is 0 Å². The first-order valence-electron chi connectivity index (χ1n) is 6.75. The van der Waals surface area contributed by atoms with E-state index in [9.17, 15) is 14.6 Å². The highest BCUT2D eigenvalue weighted by Gasteiger charge is 2.56. The maximum atomic E-state index is 14.9. The third-order valence-corrected chi connectivity index (χ3v) is 4.04. The molecule has 0 bridgehead atoms. The molecule has 0 spiro atoms. The second-order valence-corrected chi connectivity index (χ2v) is 5.65. The topological polar surface area (TPSA) is 93.5 Å². The molecule has 6 nitrogen and oxygen atoms in total. The summed E-state index contributed by atoms with van der Waals surface area (Å²) in [6.45, 7) is 2.71. The Bertz CT molecular complexity index is 671. The molecular weight excluding hydrogens is 277 g/mol. The number of hydrogen-bond acceptors (Lipinski definition) is 5. The maximum absolute atomic E-state index is 14.9. The minimum absolute atomic E-state index is 0.474. The van der Waals surface area contributed by atoms with Gasteiger partial charge >= 0.3 is 0 Å². The highest BCUT2D eigenvalue weighted by molar-refractivity contribution is 5.88. The Kier molecular flexibility index (Phi) is 3.16. The summed E-state index contributed by atoms with van der Waals surface area (Å²) in [4.78, 5) is 4.20. The monoisotopic (exact) mass is 295 g/mol. The SMILES string of the molecule is CC(O)[C@H]1O[C@@H](n2ccc3c(N)ccnc32)[C@](C)(F)[C@@H]1O. The zero-order valence-electron chi connectivity index (χ0n) is 11.8. The Morgan fingerprint density at radius 1 is 1.52 bits per heavy atom. The molecule has 7 heteroatoms. The van der Waals surface area contributed by atoms with Crippen molar-refractivity contribution >= 4 is 16.7 Å². The van der Waals surface area contributed by atoms with E-state index < -0.39 is 30.2 Å². The second-order valence-electron chi connectivity index (χ2n) is 5.65. The third-order valence-electron chi connectivity index (χ3n) is 4.04. The average molecular weight is 295 g/mol. The fourth-order valence-electron chi connectivity index (χ4n) is 2.81. The molecule has 1 aliphatic rings. The van der Waals surface area contributed by atoms with Gasteiger partial charge in [-0.05, 0) is 26.0 Å². The summed E-state index contributed by atoms with van der Waals surface area (Å²) in [6, 6.07) is 3.38. The van der Waals surface area contributed by atoms with Gasteiger partial charge in [0, 0.05) is 23.5 Å². The molecule has 3 rings (SSSR count). The first-order valence-corrected chi connectivity index (χ1v) is 6.75. The third kappa shape index (κ3) is 2.00. The summed E-state index contributed by atoms with van der Waals surface area (Å²) >= 11 is 0. The Labute approximate surface area is 121 Å². The van der Waals surface area contributed by atoms with Crippen LogP contribution in [0.2, 0.25) is 0 Å². The zero-order chi connectivity index (χ0) is 15.4. The van der Waals surface area contributed by atoms with Crippen LogP contribution < -0.4 is 5.73 Å². The largest absolute Gasteiger partial charge is 0.398 e. The van der Waals surface area contributed by atoms with E-state index in [2.05, 4.69) is 4.98 Å². The van der Waals surface area contributed by atoms with Crippen LogP contribution in [0.4, 0.5) is 10.1 Å². The average Bonchev–Trinajstić information content (AvgIpc) is 2.92. The minimum Gasteiger partial charge on any atom is -0.398 e. The van der Waals surface area contributed by atoms with Crippen LogP contribution in [0.15, 0.2) is 24.5 Å². The number of nitrogens with two attached hydrogens (primary N) is 1. The van der Waals surface area contributed by atoms with Gasteiger partial charge in [0.15, 0.2) is 11.9 Å². The number of anilines is 1. The van der Waals surface area contributed by atoms with Crippen LogP contribution in [0.1, 0.15) is 20.1 Å². The molecule has 1 aliphatic heterocycles. The number of ether oxygens (including phenoxy) is 1. The number of alkyl halides is 1. The van der Waals surface area contributed by atoms with Crippen molar-refractivity contribution in [3.8, 4) is 0 Å². The van der Waals surface area contributed by atoms with Crippen LogP contribution >= 0.6 is 0 Å². The van der Waals surface area contributed by atoms with Crippen LogP contribution in [0, 0.1) is 0 Å². The lowest BCUT2D eigenvalue weighted by Gasteiger charge is -2.25. The smallest absolute Gasteiger partial charge is 0.181 e. The van der Waals surface area contributed by atoms with Crippen LogP contribution in [0.25, 0.3) is 11.0 Å². The summed E-state index contributed by atoms with van der Waals surface area (Å²) in [6.07, 6.45) is -1.35. The number of rotatable bonds is 2. The lowest BCUT2D eigenvalue weighted by molar-refractivity contribution is -0.0793. The lowest BCUT2D eigenvalue weighted by atomic mass is 9.96. The number of nitrogens with zero attached hydrogens (tertiary/aromatic N) is 2. The van der Waals surface area contributed by atoms with Crippen molar-refractivity contribution in [2.75, 3.05) is 5.73 Å². The highest BCUT2D eigenvalue weighted by Crippen LogP contribution is 2.43. The van der Waals surface area contributed by atoms with Crippen LogP contribution in [-0.4, -0.2) is 43.7 Å². The maximum Gasteiger partial charge on any atom is 0.181 e. The van der Waals surface area contributed by atoms with E-state index in [-0.39, 0.29) is 0 Å². The van der Waals surface area contributed by atoms with Crippen molar-refractivity contribution in [3.63, 3.8) is 0 Å². The zero-order valence-corrected chi connectivity index (χ0v) is 11.8. The van der Waals surface area contributed by atoms with Gasteiger partial charge in [0.25, 0.3) is 0 Å². The normalized spacial score (nSPS) is 34.4. The van der Waals surface area contributed by atoms with Crippen LogP contribution in [0.3, 0.4) is 0 Å². The fraction of sp³-hybridized carbons (Fsp3) is 0.500. The second kappa shape index (κ2) is 4.66. The van der Waals surface area contributed by atoms with Crippen molar-refractivity contribution in [3.05, 3.63) is 24.5 Å². The Morgan fingerprint density at radius 3 is 2.86 bits per heavy atom. The number of aliphatic hydroxyl groups is 2. The van der Waals surface area contributed by atoms with Crippen LogP contribution in [0.5, 0.6) is 0 Å². The summed E-state index contributed by atoms with van der Waals surface area (Å²) in [5, 5.41) is 20.4. The molecule has 5 atom stereocenters. The summed E-state index contributed by atoms with van der Waals surface area (Å²) < 4.78 is 22.0. The molecule has 2 aromatic rings. The predicted octanol–water partition coefficient (Wildman–Crippen LogP) is 0.986. The lowest BCUT2D eigenvalue weighted by Crippen LogP contribution is -2.42. The molecule has 2 aromatic heterocycles. The van der Waals surface area contributed by atoms with Crippen LogP contribution in [-0.2, 0) is 4.74 Å². The molecule has 1 unspecified atom stereocenters. The molecule has 4 N–H and O–H groups in total. The number of fused-ring (bicyclic) bond motifs is 1. The first-order chi connectivity index (χ1) is 9.84. The van der Waals surface area contributed by atoms with Crippen molar-refractivity contribution in [1.82, 2.24) is 9.55 Å². The molecule has 21 heavy (non-hydrogen) atoms. The van der Waals surface area contributed by atoms with Gasteiger partial charge in [-0.1, -0.05) is 0 Å². The fourth-order valence-corrected chi connectivity index (χ4v) is 2.81. The summed E-state index contributed by atoms with van der Waals surface area (Å²) in [5.41, 5.74) is 4.81. The molecule has 114 valence electrons. The highest BCUT2D eigenvalue weighted by atomic mass is 19.1. The molecule has 0 amide bonds. The van der Waals surface area contributed by atoms with E-state index in [1.807, 2.05) is 0 Å². The van der Waals surface area contributed by atoms with Gasteiger partial charge in [0.05, 0.1) is 6.10 Å². The number of halogens is 1. The summed E-state index contributed by atoms with van der Waals surface area (Å²) in [5.74, 6) is 0. The van der Waals surface area contributed by atoms with Gasteiger partial charge in [0.1, 0.15) is 17.9 Å². The number of hydrogen-bond donors (Lipinski definition) is 3. The van der Waals surface area contributed by atoms with E-state index in [1.54, 1.807) is 18.3 Å². The van der Waals surface area contributed by atoms with Gasteiger partial charge < -0.3 is 25.3 Å². The summed E-state index contributed by atoms with van der Waals surface area (Å²) in [7, 11) is 0. The number of pyridine rings is 1. The molecule has 3 heterocycles. The molecule has 0 saturated carbocycles. The van der Waals surface area contributed by atoms with Gasteiger partial charge in [-0.3, -0.25) is 0 Å². The standard InChI is InChI=1S/C14H18FN3O3/c1-7(19)10-11(20)14(2,15)13(21-10)18-6-4-8-9(16)3-5-17-12(8)18/h3-7,10-11,13,19-20H,1-2H3,(H2,16,17)/t7?,10-,11-,13-,14-/m1/s1. The Hall–Kier alpha value is -1.70. The predicted molar refractivity (Wildman–Crippen MR) is 75.3 cm³/mol. The van der Waals surface area contributed by atoms with E-state index in [4.69, 9.17) is 10.5 Å². The van der Waals surface area contributed by atoms with Gasteiger partial charge in [-0.25, -0.2) is 9.37 Å². The van der Waals surface area contributed by atoms with Gasteiger partial charge in [-0.15, -0.1) is 0 Å². The quantitative estimate of drug-likeness (QED) is 0.768. The number of aliphatic hydroxyl groups excluding tert-OH is 2. The molecule has 1 fully saturated rings. The van der Waals surface area contributed by atoms with Gasteiger partial charge in [-0.2, -0.15) is 0 Å². The number of aromatic nitrogens is 2. The number of nitrogen functional groups attached to an aromatic ring is 1. The van der Waals surface area contributed by atoms with E-state index >= 15 is 0 Å². The van der Waals surface area contributed by atoms with E-state index in [0.29, 0.717) is 16.7 Å². The molecule has 1 saturated heterocycles. The van der Waals surface area contributed by atoms with Crippen molar-refractivity contribution in [1.29, 1.82) is 0 Å². The van der Waals surface area contributed by atoms with Crippen molar-refractivity contribution in [2.45, 2.75) is 44.1 Å². The Morgan fingerprint density at radius 2 is 2.24 bits per heavy atom.